The van der Waals surface area contributed by atoms with E-state index < -0.39 is 0 Å². The van der Waals surface area contributed by atoms with Crippen LogP contribution in [-0.2, 0) is 6.54 Å². The second-order valence-electron chi connectivity index (χ2n) is 3.27. The van der Waals surface area contributed by atoms with E-state index in [1.165, 1.54) is 16.7 Å². The molecule has 0 saturated carbocycles. The van der Waals surface area contributed by atoms with E-state index in [0.717, 1.165) is 12.3 Å². The van der Waals surface area contributed by atoms with Crippen LogP contribution in [-0.4, -0.2) is 14.2 Å². The summed E-state index contributed by atoms with van der Waals surface area (Å²) in [5.74, 6) is 0.940. The first-order valence-corrected chi connectivity index (χ1v) is 4.47. The van der Waals surface area contributed by atoms with Gasteiger partial charge in [-0.15, -0.1) is 0 Å². The first kappa shape index (κ1) is 10.1. The predicted molar refractivity (Wildman–Crippen MR) is 55.2 cm³/mol. The first-order valence-electron chi connectivity index (χ1n) is 4.47. The van der Waals surface area contributed by atoms with Gasteiger partial charge in [0.1, 0.15) is 5.75 Å². The van der Waals surface area contributed by atoms with Crippen molar-refractivity contribution in [2.75, 3.05) is 14.2 Å². The van der Waals surface area contributed by atoms with E-state index in [1.807, 2.05) is 7.05 Å². The van der Waals surface area contributed by atoms with Gasteiger partial charge in [-0.05, 0) is 49.7 Å². The zero-order chi connectivity index (χ0) is 9.84. The van der Waals surface area contributed by atoms with Crippen molar-refractivity contribution in [1.29, 1.82) is 0 Å². The van der Waals surface area contributed by atoms with Gasteiger partial charge >= 0.3 is 0 Å². The highest BCUT2D eigenvalue weighted by molar-refractivity contribution is 5.40. The highest BCUT2D eigenvalue weighted by atomic mass is 16.5. The molecule has 0 heterocycles. The molecule has 1 rings (SSSR count). The number of ether oxygens (including phenoxy) is 1. The summed E-state index contributed by atoms with van der Waals surface area (Å²) in [5, 5.41) is 3.16. The highest BCUT2D eigenvalue weighted by Gasteiger charge is 2.03. The Hall–Kier alpha value is -1.02. The third kappa shape index (κ3) is 2.22. The van der Waals surface area contributed by atoms with E-state index in [4.69, 9.17) is 4.74 Å². The van der Waals surface area contributed by atoms with Gasteiger partial charge in [0.05, 0.1) is 7.11 Å². The Morgan fingerprint density at radius 2 is 1.77 bits per heavy atom. The third-order valence-electron chi connectivity index (χ3n) is 2.26. The van der Waals surface area contributed by atoms with E-state index >= 15 is 0 Å². The minimum atomic E-state index is 0.918. The van der Waals surface area contributed by atoms with Crippen LogP contribution in [0.15, 0.2) is 12.1 Å². The zero-order valence-corrected chi connectivity index (χ0v) is 8.77. The minimum Gasteiger partial charge on any atom is -0.497 e. The molecule has 0 aliphatic rings. The molecule has 1 aromatic rings. The van der Waals surface area contributed by atoms with Crippen molar-refractivity contribution in [1.82, 2.24) is 5.32 Å². The van der Waals surface area contributed by atoms with Crippen molar-refractivity contribution in [3.05, 3.63) is 28.8 Å². The summed E-state index contributed by atoms with van der Waals surface area (Å²) in [5.41, 5.74) is 3.93. The maximum atomic E-state index is 5.19. The molecule has 72 valence electrons. The van der Waals surface area contributed by atoms with Crippen molar-refractivity contribution >= 4 is 0 Å². The van der Waals surface area contributed by atoms with Crippen LogP contribution in [0.25, 0.3) is 0 Å². The molecule has 0 bridgehead atoms. The fourth-order valence-corrected chi connectivity index (χ4v) is 1.53. The summed E-state index contributed by atoms with van der Waals surface area (Å²) in [6, 6.07) is 4.14. The smallest absolute Gasteiger partial charge is 0.119 e. The lowest BCUT2D eigenvalue weighted by molar-refractivity contribution is 0.414. The van der Waals surface area contributed by atoms with Crippen LogP contribution in [0.2, 0.25) is 0 Å². The second-order valence-corrected chi connectivity index (χ2v) is 3.27. The first-order chi connectivity index (χ1) is 6.19. The quantitative estimate of drug-likeness (QED) is 0.766. The summed E-state index contributed by atoms with van der Waals surface area (Å²) >= 11 is 0. The predicted octanol–water partition coefficient (Wildman–Crippen LogP) is 2.03. The highest BCUT2D eigenvalue weighted by Crippen LogP contribution is 2.21. The molecule has 2 nitrogen and oxygen atoms in total. The Morgan fingerprint density at radius 1 is 1.23 bits per heavy atom. The van der Waals surface area contributed by atoms with Crippen LogP contribution < -0.4 is 10.1 Å². The van der Waals surface area contributed by atoms with Crippen LogP contribution in [0.3, 0.4) is 0 Å². The van der Waals surface area contributed by atoms with Crippen molar-refractivity contribution in [3.63, 3.8) is 0 Å². The van der Waals surface area contributed by atoms with Crippen molar-refractivity contribution < 1.29 is 4.74 Å². The lowest BCUT2D eigenvalue weighted by Gasteiger charge is -2.11. The second kappa shape index (κ2) is 4.28. The fraction of sp³-hybridized carbons (Fsp3) is 0.455. The van der Waals surface area contributed by atoms with E-state index in [1.54, 1.807) is 7.11 Å². The molecule has 0 unspecified atom stereocenters. The zero-order valence-electron chi connectivity index (χ0n) is 8.77. The summed E-state index contributed by atoms with van der Waals surface area (Å²) in [4.78, 5) is 0. The third-order valence-corrected chi connectivity index (χ3v) is 2.26. The normalized spacial score (nSPS) is 10.2. The molecule has 0 amide bonds. The average molecular weight is 179 g/mol. The maximum absolute atomic E-state index is 5.19. The fourth-order valence-electron chi connectivity index (χ4n) is 1.53. The van der Waals surface area contributed by atoms with Gasteiger partial charge < -0.3 is 10.1 Å². The number of hydrogen-bond acceptors (Lipinski definition) is 2. The van der Waals surface area contributed by atoms with E-state index in [2.05, 4.69) is 31.3 Å². The largest absolute Gasteiger partial charge is 0.497 e. The monoisotopic (exact) mass is 179 g/mol. The van der Waals surface area contributed by atoms with E-state index in [0.29, 0.717) is 0 Å². The van der Waals surface area contributed by atoms with Crippen LogP contribution in [0.5, 0.6) is 5.75 Å². The number of rotatable bonds is 3. The standard InChI is InChI=1S/C11H17NO/c1-8-5-10(13-4)6-9(2)11(8)7-12-3/h5-6,12H,7H2,1-4H3. The van der Waals surface area contributed by atoms with E-state index in [-0.39, 0.29) is 0 Å². The van der Waals surface area contributed by atoms with Gasteiger partial charge in [-0.2, -0.15) is 0 Å². The van der Waals surface area contributed by atoms with Gasteiger partial charge in [0.2, 0.25) is 0 Å². The van der Waals surface area contributed by atoms with Crippen LogP contribution in [0.1, 0.15) is 16.7 Å². The molecule has 0 atom stereocenters. The van der Waals surface area contributed by atoms with Crippen molar-refractivity contribution in [2.45, 2.75) is 20.4 Å². The molecule has 0 aliphatic carbocycles. The Bertz CT molecular complexity index is 271. The van der Waals surface area contributed by atoms with Crippen molar-refractivity contribution in [2.24, 2.45) is 0 Å². The Labute approximate surface area is 79.9 Å². The molecule has 0 spiro atoms. The van der Waals surface area contributed by atoms with Crippen LogP contribution in [0, 0.1) is 13.8 Å². The lowest BCUT2D eigenvalue weighted by atomic mass is 10.0. The Kier molecular flexibility index (Phi) is 3.32. The molecule has 13 heavy (non-hydrogen) atoms. The molecule has 1 N–H and O–H groups in total. The average Bonchev–Trinajstić information content (AvgIpc) is 2.11. The number of nitrogens with one attached hydrogen (secondary N) is 1. The molecule has 0 fully saturated rings. The van der Waals surface area contributed by atoms with E-state index in [9.17, 15) is 0 Å². The molecule has 0 saturated heterocycles. The topological polar surface area (TPSA) is 21.3 Å². The molecular weight excluding hydrogens is 162 g/mol. The summed E-state index contributed by atoms with van der Waals surface area (Å²) in [6.07, 6.45) is 0. The minimum absolute atomic E-state index is 0.918. The molecule has 0 aliphatic heterocycles. The van der Waals surface area contributed by atoms with Gasteiger partial charge in [0, 0.05) is 6.54 Å². The number of aryl methyl sites for hydroxylation is 2. The Balaban J connectivity index is 3.07. The van der Waals surface area contributed by atoms with Gasteiger partial charge in [-0.25, -0.2) is 0 Å². The maximum Gasteiger partial charge on any atom is 0.119 e. The van der Waals surface area contributed by atoms with Gasteiger partial charge in [-0.3, -0.25) is 0 Å². The number of hydrogen-bond donors (Lipinski definition) is 1. The van der Waals surface area contributed by atoms with Gasteiger partial charge in [0.15, 0.2) is 0 Å². The molecule has 0 aromatic heterocycles. The molecular formula is C11H17NO. The summed E-state index contributed by atoms with van der Waals surface area (Å²) in [6.45, 7) is 5.14. The summed E-state index contributed by atoms with van der Waals surface area (Å²) < 4.78 is 5.19. The lowest BCUT2D eigenvalue weighted by Crippen LogP contribution is -2.08. The Morgan fingerprint density at radius 3 is 2.15 bits per heavy atom. The summed E-state index contributed by atoms with van der Waals surface area (Å²) in [7, 11) is 3.66. The molecule has 1 aromatic carbocycles. The number of benzene rings is 1. The van der Waals surface area contributed by atoms with Crippen LogP contribution in [0.4, 0.5) is 0 Å². The SMILES string of the molecule is CNCc1c(C)cc(OC)cc1C. The van der Waals surface area contributed by atoms with Crippen molar-refractivity contribution in [3.8, 4) is 5.75 Å². The van der Waals surface area contributed by atoms with Crippen LogP contribution >= 0.6 is 0 Å². The van der Waals surface area contributed by atoms with Gasteiger partial charge in [-0.1, -0.05) is 0 Å². The molecule has 0 radical (unpaired) electrons. The molecule has 2 heteroatoms. The van der Waals surface area contributed by atoms with Gasteiger partial charge in [0.25, 0.3) is 0 Å². The number of methoxy groups -OCH3 is 1.